The average Bonchev–Trinajstić information content (AvgIpc) is 3.13. The molecule has 1 aromatic carbocycles. The van der Waals surface area contributed by atoms with E-state index in [1.165, 1.54) is 12.8 Å². The predicted molar refractivity (Wildman–Crippen MR) is 77.8 cm³/mol. The Kier molecular flexibility index (Phi) is 4.55. The second-order valence-corrected chi connectivity index (χ2v) is 6.33. The van der Waals surface area contributed by atoms with Crippen LogP contribution in [0.4, 0.5) is 0 Å². The van der Waals surface area contributed by atoms with Crippen LogP contribution in [0.1, 0.15) is 33.1 Å². The van der Waals surface area contributed by atoms with Crippen LogP contribution in [0.5, 0.6) is 11.5 Å². The van der Waals surface area contributed by atoms with Gasteiger partial charge in [-0.1, -0.05) is 35.0 Å². The molecule has 1 atom stereocenters. The van der Waals surface area contributed by atoms with E-state index in [9.17, 15) is 0 Å². The normalized spacial score (nSPS) is 18.2. The van der Waals surface area contributed by atoms with Gasteiger partial charge in [-0.05, 0) is 43.7 Å². The Morgan fingerprint density at radius 2 is 1.83 bits per heavy atom. The molecule has 0 amide bonds. The van der Waals surface area contributed by atoms with Crippen LogP contribution in [-0.4, -0.2) is 18.0 Å². The lowest BCUT2D eigenvalue weighted by atomic mass is 10.00. The lowest BCUT2D eigenvalue weighted by Gasteiger charge is -2.19. The molecule has 0 bridgehead atoms. The van der Waals surface area contributed by atoms with Gasteiger partial charge in [0, 0.05) is 4.83 Å². The minimum atomic E-state index is 0.473. The Labute approximate surface area is 118 Å². The van der Waals surface area contributed by atoms with Crippen molar-refractivity contribution in [3.63, 3.8) is 0 Å². The number of alkyl halides is 1. The largest absolute Gasteiger partial charge is 0.490 e. The first-order valence-corrected chi connectivity index (χ1v) is 7.58. The lowest BCUT2D eigenvalue weighted by Crippen LogP contribution is -2.16. The number of halogens is 1. The van der Waals surface area contributed by atoms with Crippen LogP contribution >= 0.6 is 15.9 Å². The minimum absolute atomic E-state index is 0.473. The summed E-state index contributed by atoms with van der Waals surface area (Å²) in [6.45, 7) is 5.66. The molecule has 0 aliphatic heterocycles. The van der Waals surface area contributed by atoms with E-state index in [-0.39, 0.29) is 0 Å². The van der Waals surface area contributed by atoms with Gasteiger partial charge in [0.25, 0.3) is 0 Å². The zero-order valence-corrected chi connectivity index (χ0v) is 12.7. The van der Waals surface area contributed by atoms with Crippen molar-refractivity contribution in [3.05, 3.63) is 24.3 Å². The quantitative estimate of drug-likeness (QED) is 0.694. The number of hydrogen-bond donors (Lipinski definition) is 0. The Balaban J connectivity index is 1.87. The third-order valence-electron chi connectivity index (χ3n) is 3.74. The van der Waals surface area contributed by atoms with E-state index in [0.29, 0.717) is 16.8 Å². The van der Waals surface area contributed by atoms with Crippen molar-refractivity contribution in [2.45, 2.75) is 37.9 Å². The van der Waals surface area contributed by atoms with Crippen molar-refractivity contribution in [1.82, 2.24) is 0 Å². The van der Waals surface area contributed by atoms with Gasteiger partial charge in [0.2, 0.25) is 0 Å². The first-order valence-electron chi connectivity index (χ1n) is 6.66. The molecular weight excluding hydrogens is 292 g/mol. The maximum atomic E-state index is 5.87. The van der Waals surface area contributed by atoms with Gasteiger partial charge < -0.3 is 9.47 Å². The van der Waals surface area contributed by atoms with Crippen LogP contribution in [0.15, 0.2) is 24.3 Å². The third kappa shape index (κ3) is 3.19. The highest BCUT2D eigenvalue weighted by atomic mass is 79.9. The molecule has 0 saturated heterocycles. The molecule has 1 fully saturated rings. The second kappa shape index (κ2) is 5.96. The molecule has 0 radical (unpaired) electrons. The molecule has 2 rings (SSSR count). The highest BCUT2D eigenvalue weighted by molar-refractivity contribution is 9.09. The van der Waals surface area contributed by atoms with E-state index in [1.54, 1.807) is 0 Å². The van der Waals surface area contributed by atoms with E-state index < -0.39 is 0 Å². The van der Waals surface area contributed by atoms with Gasteiger partial charge in [-0.15, -0.1) is 0 Å². The maximum absolute atomic E-state index is 5.87. The van der Waals surface area contributed by atoms with Crippen molar-refractivity contribution in [3.8, 4) is 11.5 Å². The van der Waals surface area contributed by atoms with Gasteiger partial charge in [-0.2, -0.15) is 0 Å². The SMILES string of the molecule is CCOc1ccccc1OCCC1(C(C)Br)CC1. The number of hydrogen-bond acceptors (Lipinski definition) is 2. The summed E-state index contributed by atoms with van der Waals surface area (Å²) >= 11 is 3.70. The molecule has 1 aliphatic rings. The number of benzene rings is 1. The fourth-order valence-electron chi connectivity index (χ4n) is 2.22. The molecule has 0 spiro atoms. The Morgan fingerprint density at radius 1 is 1.22 bits per heavy atom. The first kappa shape index (κ1) is 13.7. The van der Waals surface area contributed by atoms with E-state index in [1.807, 2.05) is 31.2 Å². The van der Waals surface area contributed by atoms with Crippen LogP contribution in [0, 0.1) is 5.41 Å². The van der Waals surface area contributed by atoms with E-state index in [4.69, 9.17) is 9.47 Å². The minimum Gasteiger partial charge on any atom is -0.490 e. The van der Waals surface area contributed by atoms with Gasteiger partial charge in [0.15, 0.2) is 11.5 Å². The van der Waals surface area contributed by atoms with Crippen molar-refractivity contribution >= 4 is 15.9 Å². The van der Waals surface area contributed by atoms with Crippen molar-refractivity contribution in [1.29, 1.82) is 0 Å². The predicted octanol–water partition coefficient (Wildman–Crippen LogP) is 4.42. The van der Waals surface area contributed by atoms with Gasteiger partial charge in [0.05, 0.1) is 13.2 Å². The standard InChI is InChI=1S/C15H21BrO2/c1-3-17-13-6-4-5-7-14(13)18-11-10-15(8-9-15)12(2)16/h4-7,12H,3,8-11H2,1-2H3. The van der Waals surface area contributed by atoms with Crippen molar-refractivity contribution < 1.29 is 9.47 Å². The van der Waals surface area contributed by atoms with Crippen molar-refractivity contribution in [2.24, 2.45) is 5.41 Å². The average molecular weight is 313 g/mol. The second-order valence-electron chi connectivity index (χ2n) is 4.96. The smallest absolute Gasteiger partial charge is 0.161 e. The summed E-state index contributed by atoms with van der Waals surface area (Å²) < 4.78 is 11.4. The van der Waals surface area contributed by atoms with Crippen LogP contribution in [0.3, 0.4) is 0 Å². The van der Waals surface area contributed by atoms with Gasteiger partial charge in [-0.3, -0.25) is 0 Å². The molecule has 1 aliphatic carbocycles. The van der Waals surface area contributed by atoms with E-state index >= 15 is 0 Å². The summed E-state index contributed by atoms with van der Waals surface area (Å²) in [5.41, 5.74) is 0.473. The molecule has 0 N–H and O–H groups in total. The van der Waals surface area contributed by atoms with Gasteiger partial charge in [-0.25, -0.2) is 0 Å². The Morgan fingerprint density at radius 3 is 2.33 bits per heavy atom. The fraction of sp³-hybridized carbons (Fsp3) is 0.600. The maximum Gasteiger partial charge on any atom is 0.161 e. The molecule has 18 heavy (non-hydrogen) atoms. The topological polar surface area (TPSA) is 18.5 Å². The molecule has 3 heteroatoms. The molecule has 0 aromatic heterocycles. The van der Waals surface area contributed by atoms with E-state index in [0.717, 1.165) is 24.5 Å². The van der Waals surface area contributed by atoms with Gasteiger partial charge in [0.1, 0.15) is 0 Å². The van der Waals surface area contributed by atoms with Crippen LogP contribution in [0.25, 0.3) is 0 Å². The first-order chi connectivity index (χ1) is 8.68. The van der Waals surface area contributed by atoms with Crippen LogP contribution in [0.2, 0.25) is 0 Å². The summed E-state index contributed by atoms with van der Waals surface area (Å²) in [6.07, 6.45) is 3.74. The highest BCUT2D eigenvalue weighted by Crippen LogP contribution is 2.54. The van der Waals surface area contributed by atoms with Gasteiger partial charge >= 0.3 is 0 Å². The number of para-hydroxylation sites is 2. The zero-order chi connectivity index (χ0) is 13.0. The molecule has 0 heterocycles. The summed E-state index contributed by atoms with van der Waals surface area (Å²) in [5, 5.41) is 0. The third-order valence-corrected chi connectivity index (χ3v) is 4.71. The number of rotatable bonds is 7. The highest BCUT2D eigenvalue weighted by Gasteiger charge is 2.45. The number of ether oxygens (including phenoxy) is 2. The van der Waals surface area contributed by atoms with E-state index in [2.05, 4.69) is 22.9 Å². The summed E-state index contributed by atoms with van der Waals surface area (Å²) in [7, 11) is 0. The molecule has 1 unspecified atom stereocenters. The van der Waals surface area contributed by atoms with Crippen molar-refractivity contribution in [2.75, 3.05) is 13.2 Å². The zero-order valence-electron chi connectivity index (χ0n) is 11.1. The lowest BCUT2D eigenvalue weighted by molar-refractivity contribution is 0.248. The Bertz CT molecular complexity index is 386. The summed E-state index contributed by atoms with van der Waals surface area (Å²) in [6, 6.07) is 7.89. The summed E-state index contributed by atoms with van der Waals surface area (Å²) in [4.78, 5) is 0.579. The summed E-state index contributed by atoms with van der Waals surface area (Å²) in [5.74, 6) is 1.70. The van der Waals surface area contributed by atoms with Crippen LogP contribution in [-0.2, 0) is 0 Å². The van der Waals surface area contributed by atoms with Crippen LogP contribution < -0.4 is 9.47 Å². The molecule has 1 aromatic rings. The monoisotopic (exact) mass is 312 g/mol. The molecule has 2 nitrogen and oxygen atoms in total. The fourth-order valence-corrected chi connectivity index (χ4v) is 2.90. The molecular formula is C15H21BrO2. The Hall–Kier alpha value is -0.700. The molecule has 1 saturated carbocycles. The molecule has 100 valence electrons.